The lowest BCUT2D eigenvalue weighted by Crippen LogP contribution is -2.03. The lowest BCUT2D eigenvalue weighted by atomic mass is 10.1. The zero-order valence-electron chi connectivity index (χ0n) is 9.77. The quantitative estimate of drug-likeness (QED) is 0.588. The van der Waals surface area contributed by atoms with Crippen LogP contribution in [0.15, 0.2) is 36.7 Å². The molecule has 0 unspecified atom stereocenters. The van der Waals surface area contributed by atoms with E-state index in [2.05, 4.69) is 4.98 Å². The minimum atomic E-state index is 0.0273. The van der Waals surface area contributed by atoms with Gasteiger partial charge in [0.05, 0.1) is 11.0 Å². The van der Waals surface area contributed by atoms with Crippen molar-refractivity contribution in [1.82, 2.24) is 9.55 Å². The van der Waals surface area contributed by atoms with Crippen molar-refractivity contribution in [2.24, 2.45) is 0 Å². The predicted octanol–water partition coefficient (Wildman–Crippen LogP) is 3.16. The Balaban J connectivity index is 2.59. The minimum Gasteiger partial charge on any atom is -0.286 e. The normalized spacial score (nSPS) is 11.2. The van der Waals surface area contributed by atoms with E-state index in [0.29, 0.717) is 0 Å². The second-order valence-electron chi connectivity index (χ2n) is 4.24. The molecule has 0 amide bonds. The summed E-state index contributed by atoms with van der Waals surface area (Å²) < 4.78 is 1.70. The van der Waals surface area contributed by atoms with Gasteiger partial charge in [-0.15, -0.1) is 0 Å². The summed E-state index contributed by atoms with van der Waals surface area (Å²) in [5.41, 5.74) is 2.95. The van der Waals surface area contributed by atoms with E-state index in [4.69, 9.17) is 0 Å². The van der Waals surface area contributed by atoms with E-state index in [9.17, 15) is 4.79 Å². The van der Waals surface area contributed by atoms with Gasteiger partial charge in [-0.05, 0) is 18.6 Å². The average Bonchev–Trinajstić information content (AvgIpc) is 2.67. The van der Waals surface area contributed by atoms with Crippen LogP contribution < -0.4 is 0 Å². The van der Waals surface area contributed by atoms with Crippen LogP contribution in [0.5, 0.6) is 0 Å². The summed E-state index contributed by atoms with van der Waals surface area (Å²) in [6.45, 7) is 3.58. The van der Waals surface area contributed by atoms with Crippen molar-refractivity contribution >= 4 is 27.7 Å². The van der Waals surface area contributed by atoms with Crippen molar-refractivity contribution in [1.29, 1.82) is 0 Å². The van der Waals surface area contributed by atoms with Crippen molar-refractivity contribution in [3.63, 3.8) is 0 Å². The molecule has 0 atom stereocenters. The van der Waals surface area contributed by atoms with E-state index in [1.54, 1.807) is 11.5 Å². The zero-order valence-corrected chi connectivity index (χ0v) is 9.77. The van der Waals surface area contributed by atoms with Gasteiger partial charge in [0.1, 0.15) is 0 Å². The first-order chi connectivity index (χ1) is 8.18. The summed E-state index contributed by atoms with van der Waals surface area (Å²) in [5.74, 6) is 0.0273. The van der Waals surface area contributed by atoms with Crippen LogP contribution in [-0.4, -0.2) is 15.5 Å². The highest BCUT2D eigenvalue weighted by Crippen LogP contribution is 2.27. The van der Waals surface area contributed by atoms with Gasteiger partial charge in [0.25, 0.3) is 0 Å². The standard InChI is InChI=1S/C14H12N2O/c1-9-8-16(10(2)17)14-11-5-3-4-6-13(11)15-7-12(9)14/h3-8H,1-2H3. The molecule has 0 saturated carbocycles. The lowest BCUT2D eigenvalue weighted by Gasteiger charge is -2.03. The summed E-state index contributed by atoms with van der Waals surface area (Å²) >= 11 is 0. The number of aryl methyl sites for hydroxylation is 1. The second-order valence-corrected chi connectivity index (χ2v) is 4.24. The third-order valence-electron chi connectivity index (χ3n) is 3.07. The van der Waals surface area contributed by atoms with Crippen molar-refractivity contribution in [2.45, 2.75) is 13.8 Å². The molecular formula is C14H12N2O. The van der Waals surface area contributed by atoms with Crippen LogP contribution in [0, 0.1) is 6.92 Å². The molecular weight excluding hydrogens is 212 g/mol. The molecule has 17 heavy (non-hydrogen) atoms. The van der Waals surface area contributed by atoms with Crippen molar-refractivity contribution < 1.29 is 4.79 Å². The molecule has 2 heterocycles. The monoisotopic (exact) mass is 224 g/mol. The van der Waals surface area contributed by atoms with Crippen molar-refractivity contribution in [2.75, 3.05) is 0 Å². The highest BCUT2D eigenvalue weighted by molar-refractivity contribution is 6.08. The number of nitrogens with zero attached hydrogens (tertiary/aromatic N) is 2. The van der Waals surface area contributed by atoms with Gasteiger partial charge in [-0.1, -0.05) is 18.2 Å². The fourth-order valence-corrected chi connectivity index (χ4v) is 2.25. The number of hydrogen-bond acceptors (Lipinski definition) is 2. The summed E-state index contributed by atoms with van der Waals surface area (Å²) in [7, 11) is 0. The first kappa shape index (κ1) is 10.0. The molecule has 1 aromatic carbocycles. The van der Waals surface area contributed by atoms with Gasteiger partial charge >= 0.3 is 0 Å². The SMILES string of the molecule is CC(=O)n1cc(C)c2cnc3ccccc3c21. The minimum absolute atomic E-state index is 0.0273. The van der Waals surface area contributed by atoms with Gasteiger partial charge < -0.3 is 0 Å². The molecule has 84 valence electrons. The number of aromatic nitrogens is 2. The van der Waals surface area contributed by atoms with Crippen LogP contribution >= 0.6 is 0 Å². The van der Waals surface area contributed by atoms with Gasteiger partial charge in [0.2, 0.25) is 5.91 Å². The maximum absolute atomic E-state index is 11.7. The van der Waals surface area contributed by atoms with E-state index >= 15 is 0 Å². The zero-order chi connectivity index (χ0) is 12.0. The Morgan fingerprint density at radius 3 is 2.76 bits per heavy atom. The third kappa shape index (κ3) is 1.35. The topological polar surface area (TPSA) is 34.9 Å². The molecule has 0 radical (unpaired) electrons. The van der Waals surface area contributed by atoms with E-state index in [1.807, 2.05) is 43.6 Å². The van der Waals surface area contributed by atoms with E-state index in [1.165, 1.54) is 0 Å². The highest BCUT2D eigenvalue weighted by atomic mass is 16.1. The highest BCUT2D eigenvalue weighted by Gasteiger charge is 2.11. The fourth-order valence-electron chi connectivity index (χ4n) is 2.25. The predicted molar refractivity (Wildman–Crippen MR) is 68.3 cm³/mol. The first-order valence-corrected chi connectivity index (χ1v) is 5.55. The molecule has 0 fully saturated rings. The van der Waals surface area contributed by atoms with Crippen molar-refractivity contribution in [3.05, 3.63) is 42.2 Å². The molecule has 3 aromatic rings. The fraction of sp³-hybridized carbons (Fsp3) is 0.143. The van der Waals surface area contributed by atoms with E-state index in [-0.39, 0.29) is 5.91 Å². The number of hydrogen-bond donors (Lipinski definition) is 0. The molecule has 0 N–H and O–H groups in total. The first-order valence-electron chi connectivity index (χ1n) is 5.55. The summed E-state index contributed by atoms with van der Waals surface area (Å²) in [4.78, 5) is 16.1. The van der Waals surface area contributed by atoms with Crippen LogP contribution in [0.25, 0.3) is 21.8 Å². The van der Waals surface area contributed by atoms with E-state index < -0.39 is 0 Å². The number of rotatable bonds is 0. The number of carbonyl (C=O) groups is 1. The maximum atomic E-state index is 11.7. The number of pyridine rings is 1. The Kier molecular flexibility index (Phi) is 2.01. The van der Waals surface area contributed by atoms with Gasteiger partial charge in [-0.3, -0.25) is 14.3 Å². The molecule has 3 rings (SSSR count). The average molecular weight is 224 g/mol. The number of carbonyl (C=O) groups excluding carboxylic acids is 1. The Morgan fingerprint density at radius 2 is 2.00 bits per heavy atom. The van der Waals surface area contributed by atoms with Crippen molar-refractivity contribution in [3.8, 4) is 0 Å². The molecule has 2 aromatic heterocycles. The Labute approximate surface area is 98.7 Å². The van der Waals surface area contributed by atoms with Crippen LogP contribution in [-0.2, 0) is 0 Å². The number of benzene rings is 1. The lowest BCUT2D eigenvalue weighted by molar-refractivity contribution is 0.0941. The Morgan fingerprint density at radius 1 is 1.24 bits per heavy atom. The van der Waals surface area contributed by atoms with Crippen LogP contribution in [0.4, 0.5) is 0 Å². The second kappa shape index (κ2) is 3.42. The Bertz CT molecular complexity index is 740. The molecule has 0 bridgehead atoms. The molecule has 0 aliphatic carbocycles. The number of fused-ring (bicyclic) bond motifs is 3. The Hall–Kier alpha value is -2.16. The van der Waals surface area contributed by atoms with Crippen LogP contribution in [0.2, 0.25) is 0 Å². The van der Waals surface area contributed by atoms with Crippen LogP contribution in [0.3, 0.4) is 0 Å². The van der Waals surface area contributed by atoms with E-state index in [0.717, 1.165) is 27.4 Å². The van der Waals surface area contributed by atoms with Gasteiger partial charge in [-0.2, -0.15) is 0 Å². The molecule has 0 spiro atoms. The summed E-state index contributed by atoms with van der Waals surface area (Å²) in [6, 6.07) is 7.89. The number of para-hydroxylation sites is 1. The molecule has 0 aliphatic heterocycles. The summed E-state index contributed by atoms with van der Waals surface area (Å²) in [5, 5.41) is 2.06. The van der Waals surface area contributed by atoms with Gasteiger partial charge in [0.15, 0.2) is 0 Å². The largest absolute Gasteiger partial charge is 0.286 e. The molecule has 0 aliphatic rings. The molecule has 0 saturated heterocycles. The van der Waals surface area contributed by atoms with Gasteiger partial charge in [-0.25, -0.2) is 0 Å². The van der Waals surface area contributed by atoms with Gasteiger partial charge in [0, 0.05) is 30.1 Å². The third-order valence-corrected chi connectivity index (χ3v) is 3.07. The summed E-state index contributed by atoms with van der Waals surface area (Å²) in [6.07, 6.45) is 3.72. The smallest absolute Gasteiger partial charge is 0.227 e. The molecule has 3 heteroatoms. The molecule has 3 nitrogen and oxygen atoms in total. The van der Waals surface area contributed by atoms with Crippen LogP contribution in [0.1, 0.15) is 17.3 Å². The maximum Gasteiger partial charge on any atom is 0.227 e.